The predicted molar refractivity (Wildman–Crippen MR) is 61.8 cm³/mol. The zero-order chi connectivity index (χ0) is 11.4. The van der Waals surface area contributed by atoms with Crippen molar-refractivity contribution in [1.82, 2.24) is 29.7 Å². The van der Waals surface area contributed by atoms with Crippen LogP contribution in [-0.4, -0.2) is 41.3 Å². The highest BCUT2D eigenvalue weighted by Gasteiger charge is 2.04. The van der Waals surface area contributed by atoms with E-state index in [4.69, 9.17) is 11.7 Å². The number of aromatic nitrogens is 6. The van der Waals surface area contributed by atoms with Gasteiger partial charge in [0.1, 0.15) is 12.7 Å². The maximum absolute atomic E-state index is 5.56. The molecule has 0 saturated carbocycles. The summed E-state index contributed by atoms with van der Waals surface area (Å²) in [6.07, 6.45) is 2.93. The molecule has 8 nitrogen and oxygen atoms in total. The van der Waals surface area contributed by atoms with Crippen LogP contribution in [0.15, 0.2) is 23.0 Å². The third-order valence-corrected chi connectivity index (χ3v) is 3.80. The van der Waals surface area contributed by atoms with Crippen molar-refractivity contribution in [3.05, 3.63) is 12.7 Å². The van der Waals surface area contributed by atoms with Crippen LogP contribution in [0, 0.1) is 0 Å². The van der Waals surface area contributed by atoms with Crippen LogP contribution in [-0.2, 0) is 0 Å². The Kier molecular flexibility index (Phi) is 3.51. The van der Waals surface area contributed by atoms with E-state index in [-0.39, 0.29) is 0 Å². The number of hydrogen-bond donors (Lipinski definition) is 2. The SMILES string of the molecule is Nn1cnnc1SCCSc1nncn1N. The third kappa shape index (κ3) is 2.58. The number of thioether (sulfide) groups is 2. The van der Waals surface area contributed by atoms with E-state index in [0.717, 1.165) is 11.5 Å². The smallest absolute Gasteiger partial charge is 0.209 e. The van der Waals surface area contributed by atoms with Crippen molar-refractivity contribution in [2.45, 2.75) is 10.3 Å². The molecule has 0 fully saturated rings. The van der Waals surface area contributed by atoms with E-state index in [0.29, 0.717) is 10.3 Å². The molecule has 4 N–H and O–H groups in total. The van der Waals surface area contributed by atoms with Gasteiger partial charge in [-0.1, -0.05) is 23.5 Å². The van der Waals surface area contributed by atoms with Gasteiger partial charge in [0.2, 0.25) is 10.3 Å². The molecule has 0 bridgehead atoms. The molecular formula is C6H10N8S2. The van der Waals surface area contributed by atoms with Crippen LogP contribution in [0.4, 0.5) is 0 Å². The minimum atomic E-state index is 0.690. The molecule has 86 valence electrons. The molecule has 0 aliphatic rings. The molecule has 0 amide bonds. The molecular weight excluding hydrogens is 248 g/mol. The predicted octanol–water partition coefficient (Wildman–Crippen LogP) is -0.818. The molecule has 0 atom stereocenters. The molecule has 2 aromatic heterocycles. The quantitative estimate of drug-likeness (QED) is 0.406. The van der Waals surface area contributed by atoms with Crippen LogP contribution in [0.2, 0.25) is 0 Å². The monoisotopic (exact) mass is 258 g/mol. The van der Waals surface area contributed by atoms with Crippen LogP contribution in [0.1, 0.15) is 0 Å². The summed E-state index contributed by atoms with van der Waals surface area (Å²) >= 11 is 3.05. The number of rotatable bonds is 5. The largest absolute Gasteiger partial charge is 0.336 e. The summed E-state index contributed by atoms with van der Waals surface area (Å²) in [7, 11) is 0. The van der Waals surface area contributed by atoms with Crippen molar-refractivity contribution >= 4 is 23.5 Å². The van der Waals surface area contributed by atoms with Gasteiger partial charge in [0.05, 0.1) is 0 Å². The Bertz CT molecular complexity index is 409. The second-order valence-corrected chi connectivity index (χ2v) is 4.86. The molecule has 0 saturated heterocycles. The summed E-state index contributed by atoms with van der Waals surface area (Å²) in [5.74, 6) is 12.8. The molecule has 2 rings (SSSR count). The highest BCUT2D eigenvalue weighted by molar-refractivity contribution is 8.02. The fourth-order valence-corrected chi connectivity index (χ4v) is 2.57. The van der Waals surface area contributed by atoms with Crippen molar-refractivity contribution in [3.8, 4) is 0 Å². The Morgan fingerprint density at radius 3 is 1.69 bits per heavy atom. The van der Waals surface area contributed by atoms with Crippen LogP contribution in [0.5, 0.6) is 0 Å². The van der Waals surface area contributed by atoms with E-state index < -0.39 is 0 Å². The first kappa shape index (κ1) is 11.1. The average Bonchev–Trinajstić information content (AvgIpc) is 2.84. The lowest BCUT2D eigenvalue weighted by atomic mass is 11.0. The standard InChI is InChI=1S/C6H10N8S2/c7-13-3-9-11-5(13)15-1-2-16-6-12-10-4-14(6)8/h3-4H,1-2,7-8H2. The lowest BCUT2D eigenvalue weighted by molar-refractivity contribution is 0.844. The third-order valence-electron chi connectivity index (χ3n) is 1.63. The van der Waals surface area contributed by atoms with Gasteiger partial charge in [-0.25, -0.2) is 9.35 Å². The number of hydrogen-bond acceptors (Lipinski definition) is 8. The first-order valence-electron chi connectivity index (χ1n) is 4.33. The van der Waals surface area contributed by atoms with Crippen molar-refractivity contribution in [3.63, 3.8) is 0 Å². The summed E-state index contributed by atoms with van der Waals surface area (Å²) in [5.41, 5.74) is 0. The first-order valence-corrected chi connectivity index (χ1v) is 6.30. The van der Waals surface area contributed by atoms with Gasteiger partial charge in [-0.2, -0.15) is 0 Å². The second kappa shape index (κ2) is 5.07. The Labute approximate surface area is 99.7 Å². The van der Waals surface area contributed by atoms with Gasteiger partial charge in [0, 0.05) is 11.5 Å². The van der Waals surface area contributed by atoms with E-state index in [1.165, 1.54) is 45.5 Å². The molecule has 0 unspecified atom stereocenters. The summed E-state index contributed by atoms with van der Waals surface area (Å²) in [5, 5.41) is 16.4. The summed E-state index contributed by atoms with van der Waals surface area (Å²) < 4.78 is 2.78. The Morgan fingerprint density at radius 1 is 0.938 bits per heavy atom. The van der Waals surface area contributed by atoms with Gasteiger partial charge in [-0.15, -0.1) is 20.4 Å². The topological polar surface area (TPSA) is 113 Å². The molecule has 10 heteroatoms. The number of nitrogens with zero attached hydrogens (tertiary/aromatic N) is 6. The van der Waals surface area contributed by atoms with Gasteiger partial charge < -0.3 is 11.7 Å². The molecule has 0 aliphatic carbocycles. The van der Waals surface area contributed by atoms with Crippen LogP contribution in [0.25, 0.3) is 0 Å². The van der Waals surface area contributed by atoms with Gasteiger partial charge in [-0.3, -0.25) is 0 Å². The van der Waals surface area contributed by atoms with Crippen molar-refractivity contribution in [2.24, 2.45) is 0 Å². The van der Waals surface area contributed by atoms with E-state index in [1.54, 1.807) is 0 Å². The molecule has 16 heavy (non-hydrogen) atoms. The second-order valence-electron chi connectivity index (χ2n) is 2.74. The highest BCUT2D eigenvalue weighted by Crippen LogP contribution is 2.18. The van der Waals surface area contributed by atoms with E-state index in [1.807, 2.05) is 0 Å². The maximum atomic E-state index is 5.56. The maximum Gasteiger partial charge on any atom is 0.209 e. The fraction of sp³-hybridized carbons (Fsp3) is 0.333. The van der Waals surface area contributed by atoms with Crippen molar-refractivity contribution < 1.29 is 0 Å². The molecule has 0 aliphatic heterocycles. The summed E-state index contributed by atoms with van der Waals surface area (Å²) in [4.78, 5) is 0. The first-order chi connectivity index (χ1) is 7.77. The molecule has 2 aromatic rings. The normalized spacial score (nSPS) is 10.8. The minimum Gasteiger partial charge on any atom is -0.336 e. The van der Waals surface area contributed by atoms with Crippen LogP contribution < -0.4 is 11.7 Å². The Balaban J connectivity index is 1.74. The molecule has 0 spiro atoms. The lowest BCUT2D eigenvalue weighted by Gasteiger charge is -2.00. The zero-order valence-corrected chi connectivity index (χ0v) is 9.86. The average molecular weight is 258 g/mol. The van der Waals surface area contributed by atoms with E-state index in [9.17, 15) is 0 Å². The molecule has 2 heterocycles. The van der Waals surface area contributed by atoms with Crippen LogP contribution in [0.3, 0.4) is 0 Å². The minimum absolute atomic E-state index is 0.690. The zero-order valence-electron chi connectivity index (χ0n) is 8.22. The highest BCUT2D eigenvalue weighted by atomic mass is 32.2. The Morgan fingerprint density at radius 2 is 1.38 bits per heavy atom. The molecule has 0 aromatic carbocycles. The molecule has 0 radical (unpaired) electrons. The van der Waals surface area contributed by atoms with Gasteiger partial charge in [0.25, 0.3) is 0 Å². The van der Waals surface area contributed by atoms with E-state index >= 15 is 0 Å². The Hall–Kier alpha value is -1.42. The summed E-state index contributed by atoms with van der Waals surface area (Å²) in [6, 6.07) is 0. The van der Waals surface area contributed by atoms with Crippen LogP contribution >= 0.6 is 23.5 Å². The van der Waals surface area contributed by atoms with E-state index in [2.05, 4.69) is 20.4 Å². The summed E-state index contributed by atoms with van der Waals surface area (Å²) in [6.45, 7) is 0. The van der Waals surface area contributed by atoms with Gasteiger partial charge >= 0.3 is 0 Å². The van der Waals surface area contributed by atoms with Gasteiger partial charge in [-0.05, 0) is 0 Å². The number of nitrogens with two attached hydrogens (primary N) is 2. The number of nitrogen functional groups attached to an aromatic ring is 2. The van der Waals surface area contributed by atoms with Gasteiger partial charge in [0.15, 0.2) is 0 Å². The van der Waals surface area contributed by atoms with Crippen molar-refractivity contribution in [2.75, 3.05) is 23.2 Å². The van der Waals surface area contributed by atoms with Crippen molar-refractivity contribution in [1.29, 1.82) is 0 Å². The fourth-order valence-electron chi connectivity index (χ4n) is 0.936. The lowest BCUT2D eigenvalue weighted by Crippen LogP contribution is -2.09.